The number of carbonyl (C=O) groups is 2. The number of nitrogens with one attached hydrogen (secondary N) is 1. The number of fused-ring (bicyclic) bond motifs is 1. The third-order valence-electron chi connectivity index (χ3n) is 3.05. The van der Waals surface area contributed by atoms with E-state index in [9.17, 15) is 9.59 Å². The van der Waals surface area contributed by atoms with E-state index in [4.69, 9.17) is 10.8 Å². The third kappa shape index (κ3) is 3.33. The number of hydrogen-bond acceptors (Lipinski definition) is 3. The predicted octanol–water partition coefficient (Wildman–Crippen LogP) is 1.97. The number of amides is 1. The van der Waals surface area contributed by atoms with Crippen LogP contribution < -0.4 is 11.1 Å². The van der Waals surface area contributed by atoms with Crippen LogP contribution in [0.25, 0.3) is 10.8 Å². The first-order valence-corrected chi connectivity index (χ1v) is 6.34. The Morgan fingerprint density at radius 1 is 1.15 bits per heavy atom. The van der Waals surface area contributed by atoms with Gasteiger partial charge in [0.2, 0.25) is 5.91 Å². The van der Waals surface area contributed by atoms with E-state index in [-0.39, 0.29) is 18.7 Å². The number of aliphatic carboxylic acids is 1. The Morgan fingerprint density at radius 3 is 2.60 bits per heavy atom. The van der Waals surface area contributed by atoms with Gasteiger partial charge < -0.3 is 16.2 Å². The van der Waals surface area contributed by atoms with Crippen LogP contribution in [0.15, 0.2) is 42.5 Å². The minimum Gasteiger partial charge on any atom is -0.481 e. The first kappa shape index (κ1) is 14.0. The summed E-state index contributed by atoms with van der Waals surface area (Å²) in [4.78, 5) is 22.4. The van der Waals surface area contributed by atoms with Crippen molar-refractivity contribution in [3.8, 4) is 0 Å². The normalized spacial score (nSPS) is 12.1. The maximum absolute atomic E-state index is 11.9. The van der Waals surface area contributed by atoms with Gasteiger partial charge in [-0.3, -0.25) is 9.59 Å². The third-order valence-corrected chi connectivity index (χ3v) is 3.05. The number of carboxylic acid groups (broad SMARTS) is 1. The smallest absolute Gasteiger partial charge is 0.303 e. The molecule has 0 radical (unpaired) electrons. The molecule has 0 bridgehead atoms. The van der Waals surface area contributed by atoms with Crippen LogP contribution in [0, 0.1) is 0 Å². The van der Waals surface area contributed by atoms with Crippen molar-refractivity contribution in [2.45, 2.75) is 18.9 Å². The van der Waals surface area contributed by atoms with Crippen LogP contribution in [0.5, 0.6) is 0 Å². The molecule has 0 spiro atoms. The van der Waals surface area contributed by atoms with E-state index in [0.29, 0.717) is 5.69 Å². The van der Waals surface area contributed by atoms with E-state index in [1.165, 1.54) is 0 Å². The molecule has 5 heteroatoms. The van der Waals surface area contributed by atoms with Crippen LogP contribution in [0.4, 0.5) is 5.69 Å². The van der Waals surface area contributed by atoms with Crippen molar-refractivity contribution in [1.29, 1.82) is 0 Å². The molecule has 5 nitrogen and oxygen atoms in total. The molecule has 2 aromatic carbocycles. The second-order valence-corrected chi connectivity index (χ2v) is 4.55. The lowest BCUT2D eigenvalue weighted by Crippen LogP contribution is -2.36. The molecule has 1 amide bonds. The van der Waals surface area contributed by atoms with Crippen LogP contribution in [0.2, 0.25) is 0 Å². The maximum atomic E-state index is 11.9. The molecule has 0 saturated carbocycles. The number of nitrogens with two attached hydrogens (primary N) is 1. The standard InChI is InChI=1S/C15H16N2O3/c16-12(8-9-14(18)19)15(20)17-13-7-3-5-10-4-1-2-6-11(10)13/h1-7,12H,8-9,16H2,(H,17,20)(H,18,19)/t12-/m0/s1. The molecule has 2 rings (SSSR count). The van der Waals surface area contributed by atoms with E-state index < -0.39 is 12.0 Å². The Bertz CT molecular complexity index is 635. The zero-order valence-electron chi connectivity index (χ0n) is 10.9. The van der Waals surface area contributed by atoms with Crippen molar-refractivity contribution < 1.29 is 14.7 Å². The molecular formula is C15H16N2O3. The Kier molecular flexibility index (Phi) is 4.32. The Morgan fingerprint density at radius 2 is 1.85 bits per heavy atom. The highest BCUT2D eigenvalue weighted by Gasteiger charge is 2.15. The van der Waals surface area contributed by atoms with Crippen molar-refractivity contribution in [3.63, 3.8) is 0 Å². The van der Waals surface area contributed by atoms with E-state index in [1.54, 1.807) is 6.07 Å². The largest absolute Gasteiger partial charge is 0.481 e. The van der Waals surface area contributed by atoms with Gasteiger partial charge in [-0.25, -0.2) is 0 Å². The number of rotatable bonds is 5. The van der Waals surface area contributed by atoms with Crippen molar-refractivity contribution >= 4 is 28.3 Å². The molecule has 1 atom stereocenters. The SMILES string of the molecule is N[C@@H](CCC(=O)O)C(=O)Nc1cccc2ccccc12. The summed E-state index contributed by atoms with van der Waals surface area (Å²) in [5.41, 5.74) is 6.36. The molecule has 0 unspecified atom stereocenters. The minimum absolute atomic E-state index is 0.117. The predicted molar refractivity (Wildman–Crippen MR) is 77.4 cm³/mol. The number of carbonyl (C=O) groups excluding carboxylic acids is 1. The topological polar surface area (TPSA) is 92.4 Å². The zero-order valence-corrected chi connectivity index (χ0v) is 10.9. The van der Waals surface area contributed by atoms with Crippen LogP contribution in [-0.4, -0.2) is 23.0 Å². The van der Waals surface area contributed by atoms with Crippen LogP contribution in [0.3, 0.4) is 0 Å². The summed E-state index contributed by atoms with van der Waals surface area (Å²) in [7, 11) is 0. The fourth-order valence-corrected chi connectivity index (χ4v) is 1.97. The number of benzene rings is 2. The fourth-order valence-electron chi connectivity index (χ4n) is 1.97. The summed E-state index contributed by atoms with van der Waals surface area (Å²) in [6, 6.07) is 12.4. The molecular weight excluding hydrogens is 256 g/mol. The molecule has 0 aliphatic rings. The van der Waals surface area contributed by atoms with Gasteiger partial charge in [0.05, 0.1) is 6.04 Å². The van der Waals surface area contributed by atoms with Gasteiger partial charge in [-0.05, 0) is 17.9 Å². The van der Waals surface area contributed by atoms with Crippen LogP contribution in [-0.2, 0) is 9.59 Å². The zero-order chi connectivity index (χ0) is 14.5. The molecule has 20 heavy (non-hydrogen) atoms. The highest BCUT2D eigenvalue weighted by molar-refractivity contribution is 6.03. The molecule has 4 N–H and O–H groups in total. The van der Waals surface area contributed by atoms with Gasteiger partial charge in [-0.15, -0.1) is 0 Å². The summed E-state index contributed by atoms with van der Waals surface area (Å²) < 4.78 is 0. The highest BCUT2D eigenvalue weighted by atomic mass is 16.4. The van der Waals surface area contributed by atoms with Gasteiger partial charge in [-0.1, -0.05) is 36.4 Å². The van der Waals surface area contributed by atoms with Crippen LogP contribution in [0.1, 0.15) is 12.8 Å². The minimum atomic E-state index is -0.960. The molecule has 104 valence electrons. The van der Waals surface area contributed by atoms with E-state index in [0.717, 1.165) is 10.8 Å². The van der Waals surface area contributed by atoms with E-state index in [2.05, 4.69) is 5.32 Å². The van der Waals surface area contributed by atoms with Gasteiger partial charge in [0, 0.05) is 17.5 Å². The lowest BCUT2D eigenvalue weighted by molar-refractivity contribution is -0.137. The molecule has 0 saturated heterocycles. The Hall–Kier alpha value is -2.40. The number of anilines is 1. The summed E-state index contributed by atoms with van der Waals surface area (Å²) in [6.07, 6.45) is -0.00391. The van der Waals surface area contributed by atoms with Gasteiger partial charge in [-0.2, -0.15) is 0 Å². The van der Waals surface area contributed by atoms with E-state index in [1.807, 2.05) is 36.4 Å². The molecule has 0 aliphatic carbocycles. The van der Waals surface area contributed by atoms with Crippen molar-refractivity contribution in [3.05, 3.63) is 42.5 Å². The average Bonchev–Trinajstić information content (AvgIpc) is 2.45. The first-order valence-electron chi connectivity index (χ1n) is 6.34. The summed E-state index contributed by atoms with van der Waals surface area (Å²) >= 11 is 0. The van der Waals surface area contributed by atoms with Gasteiger partial charge in [0.15, 0.2) is 0 Å². The van der Waals surface area contributed by atoms with Crippen molar-refractivity contribution in [2.24, 2.45) is 5.73 Å². The number of carboxylic acids is 1. The second-order valence-electron chi connectivity index (χ2n) is 4.55. The average molecular weight is 272 g/mol. The Labute approximate surface area is 116 Å². The summed E-state index contributed by atoms with van der Waals surface area (Å²) in [5, 5.41) is 13.3. The Balaban J connectivity index is 2.12. The van der Waals surface area contributed by atoms with Gasteiger partial charge in [0.1, 0.15) is 0 Å². The van der Waals surface area contributed by atoms with E-state index >= 15 is 0 Å². The quantitative estimate of drug-likeness (QED) is 0.775. The molecule has 0 fully saturated rings. The lowest BCUT2D eigenvalue weighted by atomic mass is 10.1. The summed E-state index contributed by atoms with van der Waals surface area (Å²) in [6.45, 7) is 0. The number of hydrogen-bond donors (Lipinski definition) is 3. The molecule has 2 aromatic rings. The fraction of sp³-hybridized carbons (Fsp3) is 0.200. The lowest BCUT2D eigenvalue weighted by Gasteiger charge is -2.13. The molecule has 0 aromatic heterocycles. The highest BCUT2D eigenvalue weighted by Crippen LogP contribution is 2.23. The maximum Gasteiger partial charge on any atom is 0.303 e. The first-order chi connectivity index (χ1) is 9.58. The van der Waals surface area contributed by atoms with Crippen molar-refractivity contribution in [2.75, 3.05) is 5.32 Å². The van der Waals surface area contributed by atoms with Crippen molar-refractivity contribution in [1.82, 2.24) is 0 Å². The summed E-state index contributed by atoms with van der Waals surface area (Å²) in [5.74, 6) is -1.33. The van der Waals surface area contributed by atoms with Gasteiger partial charge >= 0.3 is 5.97 Å². The van der Waals surface area contributed by atoms with Crippen LogP contribution >= 0.6 is 0 Å². The second kappa shape index (κ2) is 6.16. The van der Waals surface area contributed by atoms with Gasteiger partial charge in [0.25, 0.3) is 0 Å². The monoisotopic (exact) mass is 272 g/mol. The molecule has 0 heterocycles. The molecule has 0 aliphatic heterocycles.